The van der Waals surface area contributed by atoms with Gasteiger partial charge in [-0.25, -0.2) is 0 Å². The Balaban J connectivity index is 2.21. The Labute approximate surface area is 90.5 Å². The maximum atomic E-state index is 3.67. The molecular weight excluding hydrogens is 190 g/mol. The van der Waals surface area contributed by atoms with Gasteiger partial charge in [0.05, 0.1) is 0 Å². The van der Waals surface area contributed by atoms with Crippen molar-refractivity contribution in [2.24, 2.45) is 0 Å². The molecule has 2 rings (SSSR count). The Kier molecular flexibility index (Phi) is 2.93. The van der Waals surface area contributed by atoms with Crippen molar-refractivity contribution in [2.45, 2.75) is 51.6 Å². The van der Waals surface area contributed by atoms with Crippen molar-refractivity contribution in [2.75, 3.05) is 0 Å². The lowest BCUT2D eigenvalue weighted by Crippen LogP contribution is -2.28. The van der Waals surface area contributed by atoms with Gasteiger partial charge >= 0.3 is 0 Å². The van der Waals surface area contributed by atoms with Gasteiger partial charge in [-0.1, -0.05) is 6.92 Å². The van der Waals surface area contributed by atoms with Crippen molar-refractivity contribution < 1.29 is 0 Å². The summed E-state index contributed by atoms with van der Waals surface area (Å²) in [4.78, 5) is 1.50. The second-order valence-electron chi connectivity index (χ2n) is 4.36. The van der Waals surface area contributed by atoms with Gasteiger partial charge in [0.15, 0.2) is 0 Å². The van der Waals surface area contributed by atoms with Crippen LogP contribution in [0.2, 0.25) is 0 Å². The number of rotatable bonds is 2. The largest absolute Gasteiger partial charge is 0.311 e. The lowest BCUT2D eigenvalue weighted by molar-refractivity contribution is 0.517. The molecule has 1 aliphatic heterocycles. The maximum Gasteiger partial charge on any atom is 0.0137 e. The van der Waals surface area contributed by atoms with Crippen molar-refractivity contribution >= 4 is 11.3 Å². The summed E-state index contributed by atoms with van der Waals surface area (Å²) in [5.41, 5.74) is 1.58. The first kappa shape index (κ1) is 10.2. The topological polar surface area (TPSA) is 12.0 Å². The maximum absolute atomic E-state index is 3.67. The molecule has 78 valence electrons. The average molecular weight is 209 g/mol. The second-order valence-corrected chi connectivity index (χ2v) is 5.48. The lowest BCUT2D eigenvalue weighted by atomic mass is 9.90. The standard InChI is InChI=1S/C12H19NS/c1-4-12-11(7-8(2)13-12)10-5-6-14-9(10)3/h5-6,8,11-13H,4,7H2,1-3H3. The summed E-state index contributed by atoms with van der Waals surface area (Å²) in [6, 6.07) is 3.69. The fraction of sp³-hybridized carbons (Fsp3) is 0.667. The van der Waals surface area contributed by atoms with E-state index < -0.39 is 0 Å². The Bertz CT molecular complexity index is 305. The Morgan fingerprint density at radius 1 is 1.57 bits per heavy atom. The van der Waals surface area contributed by atoms with Gasteiger partial charge in [-0.05, 0) is 43.7 Å². The lowest BCUT2D eigenvalue weighted by Gasteiger charge is -2.17. The van der Waals surface area contributed by atoms with Gasteiger partial charge in [0.2, 0.25) is 0 Å². The number of thiophene rings is 1. The summed E-state index contributed by atoms with van der Waals surface area (Å²) >= 11 is 1.88. The molecule has 1 N–H and O–H groups in total. The molecule has 2 heteroatoms. The zero-order valence-corrected chi connectivity index (χ0v) is 10.0. The van der Waals surface area contributed by atoms with Gasteiger partial charge in [0.1, 0.15) is 0 Å². The van der Waals surface area contributed by atoms with E-state index in [4.69, 9.17) is 0 Å². The molecule has 0 amide bonds. The van der Waals surface area contributed by atoms with Gasteiger partial charge < -0.3 is 5.32 Å². The summed E-state index contributed by atoms with van der Waals surface area (Å²) in [6.07, 6.45) is 2.54. The molecule has 1 aromatic rings. The predicted molar refractivity (Wildman–Crippen MR) is 63.1 cm³/mol. The van der Waals surface area contributed by atoms with Crippen molar-refractivity contribution in [1.82, 2.24) is 5.32 Å². The molecule has 3 unspecified atom stereocenters. The molecule has 3 atom stereocenters. The molecule has 0 saturated carbocycles. The third-order valence-corrected chi connectivity index (χ3v) is 4.19. The van der Waals surface area contributed by atoms with Crippen molar-refractivity contribution in [3.63, 3.8) is 0 Å². The van der Waals surface area contributed by atoms with E-state index in [1.54, 1.807) is 5.56 Å². The van der Waals surface area contributed by atoms with E-state index in [1.807, 2.05) is 11.3 Å². The first-order chi connectivity index (χ1) is 6.72. The number of aryl methyl sites for hydroxylation is 1. The summed E-state index contributed by atoms with van der Waals surface area (Å²) in [5.74, 6) is 0.751. The number of hydrogen-bond donors (Lipinski definition) is 1. The first-order valence-electron chi connectivity index (χ1n) is 5.52. The van der Waals surface area contributed by atoms with E-state index in [2.05, 4.69) is 37.5 Å². The van der Waals surface area contributed by atoms with E-state index in [0.29, 0.717) is 12.1 Å². The van der Waals surface area contributed by atoms with Crippen LogP contribution in [-0.2, 0) is 0 Å². The first-order valence-corrected chi connectivity index (χ1v) is 6.40. The third kappa shape index (κ3) is 1.73. The minimum absolute atomic E-state index is 0.684. The van der Waals surface area contributed by atoms with E-state index in [-0.39, 0.29) is 0 Å². The monoisotopic (exact) mass is 209 g/mol. The fourth-order valence-electron chi connectivity index (χ4n) is 2.62. The van der Waals surface area contributed by atoms with Crippen LogP contribution in [0.1, 0.15) is 43.0 Å². The molecule has 0 bridgehead atoms. The fourth-order valence-corrected chi connectivity index (χ4v) is 3.39. The van der Waals surface area contributed by atoms with Crippen LogP contribution in [0, 0.1) is 6.92 Å². The highest BCUT2D eigenvalue weighted by Gasteiger charge is 2.32. The SMILES string of the molecule is CCC1NC(C)CC1c1ccsc1C. The summed E-state index contributed by atoms with van der Waals surface area (Å²) < 4.78 is 0. The molecule has 1 saturated heterocycles. The number of hydrogen-bond acceptors (Lipinski definition) is 2. The van der Waals surface area contributed by atoms with Crippen molar-refractivity contribution in [1.29, 1.82) is 0 Å². The van der Waals surface area contributed by atoms with Gasteiger partial charge in [-0.3, -0.25) is 0 Å². The molecular formula is C12H19NS. The summed E-state index contributed by atoms with van der Waals surface area (Å²) in [6.45, 7) is 6.82. The molecule has 0 spiro atoms. The second kappa shape index (κ2) is 4.03. The third-order valence-electron chi connectivity index (χ3n) is 3.33. The van der Waals surface area contributed by atoms with Crippen LogP contribution in [0.3, 0.4) is 0 Å². The van der Waals surface area contributed by atoms with Crippen LogP contribution in [-0.4, -0.2) is 12.1 Å². The van der Waals surface area contributed by atoms with E-state index in [1.165, 1.54) is 17.7 Å². The molecule has 14 heavy (non-hydrogen) atoms. The molecule has 1 nitrogen and oxygen atoms in total. The molecule has 2 heterocycles. The summed E-state index contributed by atoms with van der Waals surface area (Å²) in [5, 5.41) is 5.90. The van der Waals surface area contributed by atoms with Crippen LogP contribution < -0.4 is 5.32 Å². The molecule has 1 aromatic heterocycles. The zero-order chi connectivity index (χ0) is 10.1. The predicted octanol–water partition coefficient (Wildman–Crippen LogP) is 3.30. The highest BCUT2D eigenvalue weighted by molar-refractivity contribution is 7.10. The van der Waals surface area contributed by atoms with Crippen molar-refractivity contribution in [3.8, 4) is 0 Å². The van der Waals surface area contributed by atoms with E-state index >= 15 is 0 Å². The normalized spacial score (nSPS) is 32.4. The van der Waals surface area contributed by atoms with Crippen molar-refractivity contribution in [3.05, 3.63) is 21.9 Å². The molecule has 0 radical (unpaired) electrons. The summed E-state index contributed by atoms with van der Waals surface area (Å²) in [7, 11) is 0. The Morgan fingerprint density at radius 2 is 2.36 bits per heavy atom. The van der Waals surface area contributed by atoms with Gasteiger partial charge in [-0.2, -0.15) is 0 Å². The molecule has 1 fully saturated rings. The molecule has 1 aliphatic rings. The zero-order valence-electron chi connectivity index (χ0n) is 9.21. The number of nitrogens with one attached hydrogen (secondary N) is 1. The van der Waals surface area contributed by atoms with Crippen LogP contribution in [0.25, 0.3) is 0 Å². The molecule has 0 aliphatic carbocycles. The Morgan fingerprint density at radius 3 is 2.93 bits per heavy atom. The molecule has 0 aromatic carbocycles. The van der Waals surface area contributed by atoms with Crippen LogP contribution in [0.4, 0.5) is 0 Å². The minimum atomic E-state index is 0.684. The van der Waals surface area contributed by atoms with Crippen LogP contribution in [0.15, 0.2) is 11.4 Å². The van der Waals surface area contributed by atoms with Crippen LogP contribution in [0.5, 0.6) is 0 Å². The van der Waals surface area contributed by atoms with Gasteiger partial charge in [0, 0.05) is 22.9 Å². The van der Waals surface area contributed by atoms with E-state index in [9.17, 15) is 0 Å². The minimum Gasteiger partial charge on any atom is -0.311 e. The highest BCUT2D eigenvalue weighted by atomic mass is 32.1. The van der Waals surface area contributed by atoms with Gasteiger partial charge in [0.25, 0.3) is 0 Å². The highest BCUT2D eigenvalue weighted by Crippen LogP contribution is 2.35. The van der Waals surface area contributed by atoms with Gasteiger partial charge in [-0.15, -0.1) is 11.3 Å². The van der Waals surface area contributed by atoms with Crippen LogP contribution >= 0.6 is 11.3 Å². The smallest absolute Gasteiger partial charge is 0.0137 e. The average Bonchev–Trinajstić information content (AvgIpc) is 2.71. The van der Waals surface area contributed by atoms with E-state index in [0.717, 1.165) is 5.92 Å². The quantitative estimate of drug-likeness (QED) is 0.788. The Hall–Kier alpha value is -0.340.